The lowest BCUT2D eigenvalue weighted by Crippen LogP contribution is -2.25. The summed E-state index contributed by atoms with van der Waals surface area (Å²) in [5.41, 5.74) is 2.35. The molecule has 0 aromatic heterocycles. The summed E-state index contributed by atoms with van der Waals surface area (Å²) < 4.78 is 0. The molecule has 18 heavy (non-hydrogen) atoms. The van der Waals surface area contributed by atoms with Crippen molar-refractivity contribution in [2.24, 2.45) is 5.41 Å². The average Bonchev–Trinajstić information content (AvgIpc) is 3.11. The van der Waals surface area contributed by atoms with Crippen LogP contribution in [0.2, 0.25) is 0 Å². The Balaban J connectivity index is 1.93. The lowest BCUT2D eigenvalue weighted by molar-refractivity contribution is 0.254. The molecule has 1 atom stereocenters. The van der Waals surface area contributed by atoms with Gasteiger partial charge in [-0.25, -0.2) is 4.79 Å². The molecule has 1 unspecified atom stereocenters. The minimum absolute atomic E-state index is 0.199. The highest BCUT2D eigenvalue weighted by molar-refractivity contribution is 5.89. The zero-order valence-electron chi connectivity index (χ0n) is 11.2. The smallest absolute Gasteiger partial charge is 0.318 e. The number of hydrogen-bond acceptors (Lipinski definition) is 2. The number of anilines is 2. The van der Waals surface area contributed by atoms with Crippen LogP contribution >= 0.6 is 0 Å². The molecule has 0 saturated heterocycles. The van der Waals surface area contributed by atoms with Crippen LogP contribution in [0.4, 0.5) is 16.2 Å². The van der Waals surface area contributed by atoms with Gasteiger partial charge in [0.25, 0.3) is 0 Å². The van der Waals surface area contributed by atoms with Gasteiger partial charge in [0.2, 0.25) is 0 Å². The highest BCUT2D eigenvalue weighted by Crippen LogP contribution is 2.48. The lowest BCUT2D eigenvalue weighted by Gasteiger charge is -2.21. The standard InChI is InChI=1S/C14H21N3O/c1-10(14(2)8-9-14)16-11-4-6-12(7-5-11)17-13(18)15-3/h4-7,10,16H,8-9H2,1-3H3,(H2,15,17,18). The molecule has 1 aromatic rings. The van der Waals surface area contributed by atoms with E-state index in [1.165, 1.54) is 12.8 Å². The molecule has 0 aliphatic heterocycles. The molecule has 4 nitrogen and oxygen atoms in total. The van der Waals surface area contributed by atoms with Gasteiger partial charge < -0.3 is 16.0 Å². The highest BCUT2D eigenvalue weighted by atomic mass is 16.2. The molecule has 1 fully saturated rings. The number of amides is 2. The van der Waals surface area contributed by atoms with Crippen molar-refractivity contribution in [2.45, 2.75) is 32.7 Å². The van der Waals surface area contributed by atoms with Crippen molar-refractivity contribution in [2.75, 3.05) is 17.7 Å². The number of hydrogen-bond donors (Lipinski definition) is 3. The minimum atomic E-state index is -0.199. The molecule has 4 heteroatoms. The summed E-state index contributed by atoms with van der Waals surface area (Å²) in [4.78, 5) is 11.1. The Bertz CT molecular complexity index is 423. The molecule has 2 amide bonds. The normalized spacial score (nSPS) is 17.7. The van der Waals surface area contributed by atoms with E-state index in [0.29, 0.717) is 11.5 Å². The lowest BCUT2D eigenvalue weighted by atomic mass is 10.0. The van der Waals surface area contributed by atoms with Gasteiger partial charge in [-0.05, 0) is 49.4 Å². The van der Waals surface area contributed by atoms with E-state index < -0.39 is 0 Å². The topological polar surface area (TPSA) is 53.2 Å². The van der Waals surface area contributed by atoms with E-state index in [1.807, 2.05) is 24.3 Å². The fourth-order valence-electron chi connectivity index (χ4n) is 1.90. The molecule has 98 valence electrons. The molecule has 0 spiro atoms. The summed E-state index contributed by atoms with van der Waals surface area (Å²) in [5.74, 6) is 0. The Morgan fingerprint density at radius 1 is 1.22 bits per heavy atom. The van der Waals surface area contributed by atoms with Crippen LogP contribution in [0.25, 0.3) is 0 Å². The third kappa shape index (κ3) is 2.94. The van der Waals surface area contributed by atoms with E-state index in [9.17, 15) is 4.79 Å². The Morgan fingerprint density at radius 3 is 2.28 bits per heavy atom. The monoisotopic (exact) mass is 247 g/mol. The molecule has 0 bridgehead atoms. The maximum absolute atomic E-state index is 11.1. The summed E-state index contributed by atoms with van der Waals surface area (Å²) in [5, 5.41) is 8.77. The Hall–Kier alpha value is -1.71. The second-order valence-corrected chi connectivity index (χ2v) is 5.30. The summed E-state index contributed by atoms with van der Waals surface area (Å²) in [6.45, 7) is 4.54. The van der Waals surface area contributed by atoms with Gasteiger partial charge in [-0.3, -0.25) is 0 Å². The van der Waals surface area contributed by atoms with E-state index in [4.69, 9.17) is 0 Å². The summed E-state index contributed by atoms with van der Waals surface area (Å²) in [6, 6.07) is 8.07. The second-order valence-electron chi connectivity index (χ2n) is 5.30. The predicted molar refractivity (Wildman–Crippen MR) is 74.9 cm³/mol. The summed E-state index contributed by atoms with van der Waals surface area (Å²) >= 11 is 0. The molecule has 1 aliphatic rings. The van der Waals surface area contributed by atoms with Crippen LogP contribution < -0.4 is 16.0 Å². The van der Waals surface area contributed by atoms with E-state index in [2.05, 4.69) is 29.8 Å². The maximum Gasteiger partial charge on any atom is 0.318 e. The molecular weight excluding hydrogens is 226 g/mol. The first-order valence-corrected chi connectivity index (χ1v) is 6.39. The molecule has 1 aliphatic carbocycles. The summed E-state index contributed by atoms with van der Waals surface area (Å²) in [7, 11) is 1.60. The Labute approximate surface area is 108 Å². The van der Waals surface area contributed by atoms with Gasteiger partial charge in [0.1, 0.15) is 0 Å². The van der Waals surface area contributed by atoms with Crippen molar-refractivity contribution in [3.63, 3.8) is 0 Å². The van der Waals surface area contributed by atoms with Crippen LogP contribution in [-0.4, -0.2) is 19.1 Å². The van der Waals surface area contributed by atoms with E-state index in [0.717, 1.165) is 11.4 Å². The number of rotatable bonds is 4. The van der Waals surface area contributed by atoms with Crippen molar-refractivity contribution in [3.05, 3.63) is 24.3 Å². The van der Waals surface area contributed by atoms with Crippen LogP contribution in [0.1, 0.15) is 26.7 Å². The van der Waals surface area contributed by atoms with Crippen molar-refractivity contribution < 1.29 is 4.79 Å². The number of urea groups is 1. The zero-order valence-corrected chi connectivity index (χ0v) is 11.2. The maximum atomic E-state index is 11.1. The molecule has 1 aromatic carbocycles. The van der Waals surface area contributed by atoms with Crippen molar-refractivity contribution in [3.8, 4) is 0 Å². The van der Waals surface area contributed by atoms with E-state index in [-0.39, 0.29) is 6.03 Å². The first kappa shape index (κ1) is 12.7. The molecular formula is C14H21N3O. The van der Waals surface area contributed by atoms with Gasteiger partial charge in [0.05, 0.1) is 0 Å². The van der Waals surface area contributed by atoms with Gasteiger partial charge in [0.15, 0.2) is 0 Å². The SMILES string of the molecule is CNC(=O)Nc1ccc(NC(C)C2(C)CC2)cc1. The zero-order chi connectivity index (χ0) is 13.2. The fraction of sp³-hybridized carbons (Fsp3) is 0.500. The van der Waals surface area contributed by atoms with Crippen LogP contribution in [-0.2, 0) is 0 Å². The van der Waals surface area contributed by atoms with Crippen LogP contribution in [0.15, 0.2) is 24.3 Å². The number of carbonyl (C=O) groups is 1. The number of benzene rings is 1. The van der Waals surface area contributed by atoms with Gasteiger partial charge >= 0.3 is 6.03 Å². The molecule has 0 radical (unpaired) electrons. The van der Waals surface area contributed by atoms with Crippen molar-refractivity contribution in [1.82, 2.24) is 5.32 Å². The molecule has 3 N–H and O–H groups in total. The number of carbonyl (C=O) groups excluding carboxylic acids is 1. The third-order valence-corrected chi connectivity index (χ3v) is 3.84. The second kappa shape index (κ2) is 4.88. The van der Waals surface area contributed by atoms with Crippen LogP contribution in [0.5, 0.6) is 0 Å². The molecule has 0 heterocycles. The fourth-order valence-corrected chi connectivity index (χ4v) is 1.90. The van der Waals surface area contributed by atoms with Crippen LogP contribution in [0, 0.1) is 5.41 Å². The van der Waals surface area contributed by atoms with Gasteiger partial charge in [0, 0.05) is 24.5 Å². The van der Waals surface area contributed by atoms with E-state index in [1.54, 1.807) is 7.05 Å². The van der Waals surface area contributed by atoms with Crippen molar-refractivity contribution >= 4 is 17.4 Å². The van der Waals surface area contributed by atoms with E-state index >= 15 is 0 Å². The first-order valence-electron chi connectivity index (χ1n) is 6.39. The molecule has 2 rings (SSSR count). The van der Waals surface area contributed by atoms with Gasteiger partial charge in [-0.2, -0.15) is 0 Å². The average molecular weight is 247 g/mol. The first-order chi connectivity index (χ1) is 8.53. The highest BCUT2D eigenvalue weighted by Gasteiger charge is 2.42. The van der Waals surface area contributed by atoms with Crippen LogP contribution in [0.3, 0.4) is 0 Å². The Kier molecular flexibility index (Phi) is 3.45. The quantitative estimate of drug-likeness (QED) is 0.766. The van der Waals surface area contributed by atoms with Gasteiger partial charge in [-0.1, -0.05) is 6.92 Å². The van der Waals surface area contributed by atoms with Crippen molar-refractivity contribution in [1.29, 1.82) is 0 Å². The minimum Gasteiger partial charge on any atom is -0.382 e. The predicted octanol–water partition coefficient (Wildman–Crippen LogP) is 3.04. The largest absolute Gasteiger partial charge is 0.382 e. The molecule has 1 saturated carbocycles. The Morgan fingerprint density at radius 2 is 1.78 bits per heavy atom. The summed E-state index contributed by atoms with van der Waals surface area (Å²) in [6.07, 6.45) is 2.61. The third-order valence-electron chi connectivity index (χ3n) is 3.84. The van der Waals surface area contributed by atoms with Gasteiger partial charge in [-0.15, -0.1) is 0 Å². The number of nitrogens with one attached hydrogen (secondary N) is 3.